The largest absolute Gasteiger partial charge is 0.369 e. The molecule has 1 heterocycles. The zero-order valence-electron chi connectivity index (χ0n) is 12.3. The second-order valence-electron chi connectivity index (χ2n) is 5.93. The molecule has 0 aliphatic rings. The Morgan fingerprint density at radius 2 is 1.83 bits per heavy atom. The minimum absolute atomic E-state index is 0.0347. The van der Waals surface area contributed by atoms with E-state index in [4.69, 9.17) is 4.98 Å². The fourth-order valence-electron chi connectivity index (χ4n) is 1.54. The SMILES string of the molecule is CCCNc1nc(C(C)(C)C)nc(C(C)C)c1Br. The molecule has 0 aliphatic heterocycles. The van der Waals surface area contributed by atoms with E-state index in [9.17, 15) is 0 Å². The highest BCUT2D eigenvalue weighted by atomic mass is 79.9. The molecule has 0 spiro atoms. The maximum Gasteiger partial charge on any atom is 0.144 e. The van der Waals surface area contributed by atoms with Gasteiger partial charge in [0.05, 0.1) is 10.2 Å². The zero-order valence-corrected chi connectivity index (χ0v) is 13.8. The van der Waals surface area contributed by atoms with Crippen LogP contribution in [0.2, 0.25) is 0 Å². The molecular weight excluding hydrogens is 290 g/mol. The second kappa shape index (κ2) is 6.00. The molecule has 0 aromatic carbocycles. The number of nitrogens with one attached hydrogen (secondary N) is 1. The van der Waals surface area contributed by atoms with Crippen molar-refractivity contribution in [3.63, 3.8) is 0 Å². The van der Waals surface area contributed by atoms with Crippen molar-refractivity contribution >= 4 is 21.7 Å². The molecule has 0 bridgehead atoms. The van der Waals surface area contributed by atoms with Crippen LogP contribution in [0.4, 0.5) is 5.82 Å². The van der Waals surface area contributed by atoms with Crippen LogP contribution in [0, 0.1) is 0 Å². The monoisotopic (exact) mass is 313 g/mol. The number of hydrogen-bond donors (Lipinski definition) is 1. The third-order valence-electron chi connectivity index (χ3n) is 2.64. The highest BCUT2D eigenvalue weighted by Gasteiger charge is 2.22. The lowest BCUT2D eigenvalue weighted by Gasteiger charge is -2.21. The van der Waals surface area contributed by atoms with Gasteiger partial charge in [0.15, 0.2) is 0 Å². The zero-order chi connectivity index (χ0) is 13.9. The highest BCUT2D eigenvalue weighted by molar-refractivity contribution is 9.10. The van der Waals surface area contributed by atoms with Crippen LogP contribution in [0.25, 0.3) is 0 Å². The van der Waals surface area contributed by atoms with Crippen LogP contribution in [0.5, 0.6) is 0 Å². The van der Waals surface area contributed by atoms with Crippen LogP contribution in [-0.2, 0) is 5.41 Å². The van der Waals surface area contributed by atoms with Crippen molar-refractivity contribution in [3.05, 3.63) is 16.0 Å². The Morgan fingerprint density at radius 3 is 2.28 bits per heavy atom. The van der Waals surface area contributed by atoms with Crippen molar-refractivity contribution in [2.45, 2.75) is 59.3 Å². The molecule has 0 unspecified atom stereocenters. The third kappa shape index (κ3) is 3.67. The van der Waals surface area contributed by atoms with Crippen molar-refractivity contribution < 1.29 is 0 Å². The molecule has 1 aromatic rings. The molecule has 0 atom stereocenters. The number of aromatic nitrogens is 2. The average Bonchev–Trinajstić information content (AvgIpc) is 2.25. The van der Waals surface area contributed by atoms with E-state index < -0.39 is 0 Å². The standard InChI is InChI=1S/C14H24BrN3/c1-7-8-16-12-10(15)11(9(2)3)17-13(18-12)14(4,5)6/h9H,7-8H2,1-6H3,(H,16,17,18). The summed E-state index contributed by atoms with van der Waals surface area (Å²) < 4.78 is 0.999. The molecule has 0 aliphatic carbocycles. The lowest BCUT2D eigenvalue weighted by atomic mass is 9.95. The van der Waals surface area contributed by atoms with E-state index in [2.05, 4.69) is 67.8 Å². The van der Waals surface area contributed by atoms with Crippen LogP contribution < -0.4 is 5.32 Å². The van der Waals surface area contributed by atoms with Gasteiger partial charge in [0.1, 0.15) is 11.6 Å². The van der Waals surface area contributed by atoms with Gasteiger partial charge in [0.2, 0.25) is 0 Å². The molecule has 3 nitrogen and oxygen atoms in total. The van der Waals surface area contributed by atoms with Gasteiger partial charge in [-0.3, -0.25) is 0 Å². The van der Waals surface area contributed by atoms with Gasteiger partial charge < -0.3 is 5.32 Å². The number of anilines is 1. The molecule has 0 radical (unpaired) electrons. The Kier molecular flexibility index (Phi) is 5.14. The van der Waals surface area contributed by atoms with Gasteiger partial charge >= 0.3 is 0 Å². The van der Waals surface area contributed by atoms with E-state index in [0.29, 0.717) is 5.92 Å². The van der Waals surface area contributed by atoms with Crippen LogP contribution in [0.15, 0.2) is 4.47 Å². The van der Waals surface area contributed by atoms with Crippen molar-refractivity contribution in [2.75, 3.05) is 11.9 Å². The lowest BCUT2D eigenvalue weighted by molar-refractivity contribution is 0.538. The molecule has 0 saturated heterocycles. The summed E-state index contributed by atoms with van der Waals surface area (Å²) in [7, 11) is 0. The van der Waals surface area contributed by atoms with Crippen molar-refractivity contribution in [1.82, 2.24) is 9.97 Å². The first-order valence-corrected chi connectivity index (χ1v) is 7.38. The summed E-state index contributed by atoms with van der Waals surface area (Å²) in [6.45, 7) is 13.8. The Balaban J connectivity index is 3.28. The lowest BCUT2D eigenvalue weighted by Crippen LogP contribution is -2.19. The van der Waals surface area contributed by atoms with E-state index in [1.54, 1.807) is 0 Å². The first-order chi connectivity index (χ1) is 8.27. The van der Waals surface area contributed by atoms with Gasteiger partial charge in [0.25, 0.3) is 0 Å². The summed E-state index contributed by atoms with van der Waals surface area (Å²) in [5, 5.41) is 3.37. The molecular formula is C14H24BrN3. The Hall–Kier alpha value is -0.640. The molecule has 1 N–H and O–H groups in total. The van der Waals surface area contributed by atoms with Crippen molar-refractivity contribution in [3.8, 4) is 0 Å². The molecule has 0 amide bonds. The first-order valence-electron chi connectivity index (χ1n) is 6.59. The fourth-order valence-corrected chi connectivity index (χ4v) is 2.32. The molecule has 102 valence electrons. The van der Waals surface area contributed by atoms with Crippen LogP contribution in [0.3, 0.4) is 0 Å². The average molecular weight is 314 g/mol. The molecule has 0 fully saturated rings. The van der Waals surface area contributed by atoms with Gasteiger partial charge in [-0.2, -0.15) is 0 Å². The van der Waals surface area contributed by atoms with Gasteiger partial charge in [0, 0.05) is 12.0 Å². The Labute approximate surface area is 119 Å². The Bertz CT molecular complexity index is 408. The van der Waals surface area contributed by atoms with Crippen molar-refractivity contribution in [2.24, 2.45) is 0 Å². The molecule has 0 saturated carbocycles. The van der Waals surface area contributed by atoms with E-state index in [1.165, 1.54) is 0 Å². The number of rotatable bonds is 4. The summed E-state index contributed by atoms with van der Waals surface area (Å²) in [5.41, 5.74) is 1.04. The molecule has 18 heavy (non-hydrogen) atoms. The number of nitrogens with zero attached hydrogens (tertiary/aromatic N) is 2. The summed E-state index contributed by atoms with van der Waals surface area (Å²) in [5.74, 6) is 2.19. The normalized spacial score (nSPS) is 12.0. The summed E-state index contributed by atoms with van der Waals surface area (Å²) in [6.07, 6.45) is 1.08. The maximum absolute atomic E-state index is 4.71. The predicted molar refractivity (Wildman–Crippen MR) is 81.3 cm³/mol. The number of hydrogen-bond acceptors (Lipinski definition) is 3. The topological polar surface area (TPSA) is 37.8 Å². The summed E-state index contributed by atoms with van der Waals surface area (Å²) in [4.78, 5) is 9.37. The predicted octanol–water partition coefficient (Wildman–Crippen LogP) is 4.48. The minimum atomic E-state index is -0.0347. The van der Waals surface area contributed by atoms with Crippen LogP contribution in [0.1, 0.15) is 65.4 Å². The fraction of sp³-hybridized carbons (Fsp3) is 0.714. The van der Waals surface area contributed by atoms with Gasteiger partial charge in [-0.15, -0.1) is 0 Å². The Morgan fingerprint density at radius 1 is 1.22 bits per heavy atom. The van der Waals surface area contributed by atoms with Gasteiger partial charge in [-0.25, -0.2) is 9.97 Å². The maximum atomic E-state index is 4.71. The van der Waals surface area contributed by atoms with Crippen LogP contribution >= 0.6 is 15.9 Å². The molecule has 1 aromatic heterocycles. The van der Waals surface area contributed by atoms with E-state index in [1.807, 2.05) is 0 Å². The second-order valence-corrected chi connectivity index (χ2v) is 6.72. The molecule has 4 heteroatoms. The van der Waals surface area contributed by atoms with E-state index in [-0.39, 0.29) is 5.41 Å². The highest BCUT2D eigenvalue weighted by Crippen LogP contribution is 2.31. The number of halogens is 1. The van der Waals surface area contributed by atoms with E-state index in [0.717, 1.165) is 34.8 Å². The summed E-state index contributed by atoms with van der Waals surface area (Å²) in [6, 6.07) is 0. The third-order valence-corrected chi connectivity index (χ3v) is 3.42. The van der Waals surface area contributed by atoms with E-state index >= 15 is 0 Å². The first kappa shape index (κ1) is 15.4. The van der Waals surface area contributed by atoms with Crippen molar-refractivity contribution in [1.29, 1.82) is 0 Å². The molecule has 1 rings (SSSR count). The minimum Gasteiger partial charge on any atom is -0.369 e. The smallest absolute Gasteiger partial charge is 0.144 e. The quantitative estimate of drug-likeness (QED) is 0.890. The van der Waals surface area contributed by atoms with Gasteiger partial charge in [-0.1, -0.05) is 41.5 Å². The summed E-state index contributed by atoms with van der Waals surface area (Å²) >= 11 is 3.63. The van der Waals surface area contributed by atoms with Crippen LogP contribution in [-0.4, -0.2) is 16.5 Å². The van der Waals surface area contributed by atoms with Gasteiger partial charge in [-0.05, 0) is 28.3 Å².